The van der Waals surface area contributed by atoms with Gasteiger partial charge in [-0.05, 0) is 48.9 Å². The highest BCUT2D eigenvalue weighted by Crippen LogP contribution is 2.22. The maximum Gasteiger partial charge on any atom is 0.337 e. The van der Waals surface area contributed by atoms with Gasteiger partial charge in [-0.2, -0.15) is 0 Å². The number of carbonyl (C=O) groups excluding carboxylic acids is 1. The molecule has 4 nitrogen and oxygen atoms in total. The molecule has 0 spiro atoms. The summed E-state index contributed by atoms with van der Waals surface area (Å²) >= 11 is 9.23. The average Bonchev–Trinajstić information content (AvgIpc) is 2.46. The largest absolute Gasteiger partial charge is 0.478 e. The first-order valence-electron chi connectivity index (χ1n) is 6.65. The van der Waals surface area contributed by atoms with Crippen LogP contribution in [-0.4, -0.2) is 17.0 Å². The highest BCUT2D eigenvalue weighted by Gasteiger charge is 2.14. The van der Waals surface area contributed by atoms with Crippen molar-refractivity contribution >= 4 is 51.2 Å². The first kappa shape index (κ1) is 17.2. The van der Waals surface area contributed by atoms with Crippen molar-refractivity contribution in [2.24, 2.45) is 0 Å². The predicted molar refractivity (Wildman–Crippen MR) is 94.8 cm³/mol. The molecule has 23 heavy (non-hydrogen) atoms. The third-order valence-corrected chi connectivity index (χ3v) is 3.78. The third-order valence-electron chi connectivity index (χ3n) is 3.05. The third kappa shape index (κ3) is 4.68. The number of halogens is 2. The minimum Gasteiger partial charge on any atom is -0.478 e. The van der Waals surface area contributed by atoms with Crippen LogP contribution in [0.1, 0.15) is 22.8 Å². The van der Waals surface area contributed by atoms with Crippen molar-refractivity contribution in [3.05, 3.63) is 68.7 Å². The minimum atomic E-state index is -1.13. The molecule has 0 unspecified atom stereocenters. The van der Waals surface area contributed by atoms with Crippen molar-refractivity contribution in [2.45, 2.75) is 6.92 Å². The zero-order chi connectivity index (χ0) is 17.0. The minimum absolute atomic E-state index is 0.0157. The molecule has 0 aliphatic rings. The Morgan fingerprint density at radius 3 is 2.61 bits per heavy atom. The van der Waals surface area contributed by atoms with Crippen LogP contribution in [0.3, 0.4) is 0 Å². The molecule has 0 saturated carbocycles. The lowest BCUT2D eigenvalue weighted by Gasteiger charge is -2.09. The van der Waals surface area contributed by atoms with E-state index >= 15 is 0 Å². The Morgan fingerprint density at radius 2 is 1.96 bits per heavy atom. The standard InChI is InChI=1S/C17H13BrClNO3/c1-10(7-11-3-2-4-12(18)8-11)16(21)20-15-9-13(19)5-6-14(15)17(22)23/h2-9H,1H3,(H,20,21)(H,22,23)/b10-7+. The summed E-state index contributed by atoms with van der Waals surface area (Å²) < 4.78 is 0.905. The number of carbonyl (C=O) groups is 2. The summed E-state index contributed by atoms with van der Waals surface area (Å²) in [5, 5.41) is 12.1. The number of amides is 1. The van der Waals surface area contributed by atoms with Crippen LogP contribution in [0, 0.1) is 0 Å². The summed E-state index contributed by atoms with van der Waals surface area (Å²) in [7, 11) is 0. The topological polar surface area (TPSA) is 66.4 Å². The summed E-state index contributed by atoms with van der Waals surface area (Å²) in [6.07, 6.45) is 1.71. The van der Waals surface area contributed by atoms with E-state index in [-0.39, 0.29) is 11.3 Å². The molecule has 6 heteroatoms. The van der Waals surface area contributed by atoms with Crippen LogP contribution >= 0.6 is 27.5 Å². The monoisotopic (exact) mass is 393 g/mol. The second-order valence-corrected chi connectivity index (χ2v) is 6.18. The van der Waals surface area contributed by atoms with Crippen LogP contribution in [0.4, 0.5) is 5.69 Å². The van der Waals surface area contributed by atoms with Gasteiger partial charge >= 0.3 is 5.97 Å². The molecule has 0 atom stereocenters. The molecule has 2 aromatic rings. The van der Waals surface area contributed by atoms with Crippen molar-refractivity contribution < 1.29 is 14.7 Å². The molecule has 2 rings (SSSR count). The Bertz CT molecular complexity index is 802. The number of nitrogens with one attached hydrogen (secondary N) is 1. The average molecular weight is 395 g/mol. The zero-order valence-electron chi connectivity index (χ0n) is 12.1. The lowest BCUT2D eigenvalue weighted by molar-refractivity contribution is -0.112. The number of rotatable bonds is 4. The van der Waals surface area contributed by atoms with Gasteiger partial charge in [-0.15, -0.1) is 0 Å². The molecule has 1 amide bonds. The van der Waals surface area contributed by atoms with Crippen molar-refractivity contribution in [1.29, 1.82) is 0 Å². The summed E-state index contributed by atoms with van der Waals surface area (Å²) in [6.45, 7) is 1.65. The molecule has 0 aliphatic carbocycles. The van der Waals surface area contributed by atoms with Gasteiger partial charge in [-0.3, -0.25) is 4.79 Å². The van der Waals surface area contributed by atoms with E-state index < -0.39 is 11.9 Å². The quantitative estimate of drug-likeness (QED) is 0.729. The Balaban J connectivity index is 2.25. The summed E-state index contributed by atoms with van der Waals surface area (Å²) in [6, 6.07) is 11.7. The number of benzene rings is 2. The number of aromatic carboxylic acids is 1. The van der Waals surface area contributed by atoms with Gasteiger partial charge in [0.2, 0.25) is 0 Å². The fourth-order valence-corrected chi connectivity index (χ4v) is 2.53. The van der Waals surface area contributed by atoms with Crippen LogP contribution < -0.4 is 5.32 Å². The number of hydrogen-bond donors (Lipinski definition) is 2. The first-order valence-corrected chi connectivity index (χ1v) is 7.82. The van der Waals surface area contributed by atoms with E-state index in [1.165, 1.54) is 18.2 Å². The molecular formula is C17H13BrClNO3. The van der Waals surface area contributed by atoms with Gasteiger partial charge in [0, 0.05) is 15.1 Å². The predicted octanol–water partition coefficient (Wildman–Crippen LogP) is 4.84. The Hall–Kier alpha value is -2.11. The second-order valence-electron chi connectivity index (χ2n) is 4.83. The fourth-order valence-electron chi connectivity index (χ4n) is 1.94. The van der Waals surface area contributed by atoms with Gasteiger partial charge < -0.3 is 10.4 Å². The molecule has 0 aromatic heterocycles. The fraction of sp³-hybridized carbons (Fsp3) is 0.0588. The van der Waals surface area contributed by atoms with Crippen molar-refractivity contribution in [3.8, 4) is 0 Å². The maximum absolute atomic E-state index is 12.3. The highest BCUT2D eigenvalue weighted by molar-refractivity contribution is 9.10. The van der Waals surface area contributed by atoms with Crippen LogP contribution in [0.2, 0.25) is 5.02 Å². The van der Waals surface area contributed by atoms with Crippen molar-refractivity contribution in [2.75, 3.05) is 5.32 Å². The molecule has 118 valence electrons. The van der Waals surface area contributed by atoms with Gasteiger partial charge in [-0.25, -0.2) is 4.79 Å². The number of hydrogen-bond acceptors (Lipinski definition) is 2. The molecular weight excluding hydrogens is 382 g/mol. The first-order chi connectivity index (χ1) is 10.9. The summed E-state index contributed by atoms with van der Waals surface area (Å²) in [5.41, 5.74) is 1.45. The zero-order valence-corrected chi connectivity index (χ0v) is 14.5. The lowest BCUT2D eigenvalue weighted by Crippen LogP contribution is -2.15. The Labute approximate surface area is 146 Å². The second kappa shape index (κ2) is 7.44. The molecule has 0 radical (unpaired) electrons. The molecule has 2 N–H and O–H groups in total. The van der Waals surface area contributed by atoms with Crippen LogP contribution in [-0.2, 0) is 4.79 Å². The van der Waals surface area contributed by atoms with Crippen molar-refractivity contribution in [1.82, 2.24) is 0 Å². The lowest BCUT2D eigenvalue weighted by atomic mass is 10.1. The number of carboxylic acid groups (broad SMARTS) is 1. The SMILES string of the molecule is C/C(=C\c1cccc(Br)c1)C(=O)Nc1cc(Cl)ccc1C(=O)O. The maximum atomic E-state index is 12.3. The van der Waals surface area contributed by atoms with E-state index in [0.29, 0.717) is 10.6 Å². The van der Waals surface area contributed by atoms with Gasteiger partial charge in [0.1, 0.15) is 0 Å². The van der Waals surface area contributed by atoms with E-state index in [0.717, 1.165) is 10.0 Å². The summed E-state index contributed by atoms with van der Waals surface area (Å²) in [4.78, 5) is 23.5. The van der Waals surface area contributed by atoms with Crippen LogP contribution in [0.5, 0.6) is 0 Å². The van der Waals surface area contributed by atoms with E-state index in [4.69, 9.17) is 16.7 Å². The highest BCUT2D eigenvalue weighted by atomic mass is 79.9. The number of anilines is 1. The molecule has 0 aliphatic heterocycles. The molecule has 0 heterocycles. The number of carboxylic acids is 1. The van der Waals surface area contributed by atoms with Crippen molar-refractivity contribution in [3.63, 3.8) is 0 Å². The van der Waals surface area contributed by atoms with Gasteiger partial charge in [0.25, 0.3) is 5.91 Å². The smallest absolute Gasteiger partial charge is 0.337 e. The van der Waals surface area contributed by atoms with Gasteiger partial charge in [0.05, 0.1) is 11.3 Å². The van der Waals surface area contributed by atoms with Crippen LogP contribution in [0.25, 0.3) is 6.08 Å². The molecule has 2 aromatic carbocycles. The van der Waals surface area contributed by atoms with E-state index in [1.54, 1.807) is 13.0 Å². The van der Waals surface area contributed by atoms with Gasteiger partial charge in [0.15, 0.2) is 0 Å². The van der Waals surface area contributed by atoms with Crippen LogP contribution in [0.15, 0.2) is 52.5 Å². The molecule has 0 saturated heterocycles. The van der Waals surface area contributed by atoms with Gasteiger partial charge in [-0.1, -0.05) is 39.7 Å². The molecule has 0 bridgehead atoms. The van der Waals surface area contributed by atoms with E-state index in [2.05, 4.69) is 21.2 Å². The van der Waals surface area contributed by atoms with E-state index in [9.17, 15) is 9.59 Å². The Kier molecular flexibility index (Phi) is 5.58. The summed E-state index contributed by atoms with van der Waals surface area (Å²) in [5.74, 6) is -1.53. The normalized spacial score (nSPS) is 11.2. The van der Waals surface area contributed by atoms with E-state index in [1.807, 2.05) is 24.3 Å². The Morgan fingerprint density at radius 1 is 1.22 bits per heavy atom. The molecule has 0 fully saturated rings.